The van der Waals surface area contributed by atoms with Crippen LogP contribution in [-0.4, -0.2) is 8.41 Å². The molecule has 0 aliphatic rings. The molecule has 0 saturated carbocycles. The summed E-state index contributed by atoms with van der Waals surface area (Å²) in [6, 6.07) is 0. The van der Waals surface area contributed by atoms with Crippen molar-refractivity contribution in [2.24, 2.45) is 0 Å². The van der Waals surface area contributed by atoms with Gasteiger partial charge in [0.2, 0.25) is 0 Å². The van der Waals surface area contributed by atoms with Crippen LogP contribution in [0.25, 0.3) is 0 Å². The molecule has 0 aromatic heterocycles. The van der Waals surface area contributed by atoms with E-state index in [0.717, 1.165) is 0 Å². The Labute approximate surface area is 77.0 Å². The van der Waals surface area contributed by atoms with Crippen molar-refractivity contribution in [3.05, 3.63) is 19.1 Å². The second-order valence-corrected chi connectivity index (χ2v) is 0.569. The van der Waals surface area contributed by atoms with Gasteiger partial charge in [0, 0.05) is 29.5 Å². The molecule has 0 aliphatic carbocycles. The SMILES string of the molecule is C.CC.[B].[CH2-]C=CC.[W]. The zero-order valence-corrected chi connectivity index (χ0v) is 8.78. The van der Waals surface area contributed by atoms with E-state index in [-0.39, 0.29) is 36.9 Å². The molecule has 3 radical (unpaired) electrons. The second kappa shape index (κ2) is 81.2. The molecule has 0 fully saturated rings. The Balaban J connectivity index is -0.00000000990. The summed E-state index contributed by atoms with van der Waals surface area (Å²) in [6.45, 7) is 9.36. The Morgan fingerprint density at radius 2 is 1.33 bits per heavy atom. The van der Waals surface area contributed by atoms with E-state index in [9.17, 15) is 0 Å². The first-order chi connectivity index (χ1) is 2.91. The molecule has 0 nitrogen and oxygen atoms in total. The van der Waals surface area contributed by atoms with Crippen molar-refractivity contribution in [3.63, 3.8) is 0 Å². The van der Waals surface area contributed by atoms with Gasteiger partial charge in [-0.2, -0.15) is 0 Å². The Kier molecular flexibility index (Phi) is 310. The second-order valence-electron chi connectivity index (χ2n) is 0.569. The molecule has 0 saturated heterocycles. The first-order valence-corrected chi connectivity index (χ1v) is 2.32. The summed E-state index contributed by atoms with van der Waals surface area (Å²) >= 11 is 0. The largest absolute Gasteiger partial charge is 0.245 e. The van der Waals surface area contributed by atoms with Gasteiger partial charge in [0.1, 0.15) is 0 Å². The maximum atomic E-state index is 3.42. The fraction of sp³-hybridized carbons (Fsp3) is 0.571. The molecule has 0 aliphatic heterocycles. The maximum Gasteiger partial charge on any atom is 0 e. The molecule has 0 heterocycles. The fourth-order valence-corrected chi connectivity index (χ4v) is 0. The van der Waals surface area contributed by atoms with Crippen LogP contribution in [0.5, 0.6) is 0 Å². The summed E-state index contributed by atoms with van der Waals surface area (Å²) in [4.78, 5) is 0. The van der Waals surface area contributed by atoms with Gasteiger partial charge in [0.05, 0.1) is 0 Å². The minimum absolute atomic E-state index is 0. The molecule has 0 aromatic carbocycles. The van der Waals surface area contributed by atoms with Crippen molar-refractivity contribution >= 4 is 8.41 Å². The minimum atomic E-state index is 0. The Hall–Kier alpha value is 0.363. The molecule has 0 N–H and O–H groups in total. The molecule has 55 valence electrons. The molecule has 0 amide bonds. The normalized spacial score (nSPS) is 4.78. The molecule has 2 heteroatoms. The van der Waals surface area contributed by atoms with Gasteiger partial charge in [-0.25, -0.2) is 19.1 Å². The summed E-state index contributed by atoms with van der Waals surface area (Å²) < 4.78 is 0. The summed E-state index contributed by atoms with van der Waals surface area (Å²) in [6.07, 6.45) is 3.64. The van der Waals surface area contributed by atoms with Gasteiger partial charge >= 0.3 is 0 Å². The monoisotopic (exact) mass is 296 g/mol. The molecule has 0 bridgehead atoms. The van der Waals surface area contributed by atoms with Crippen LogP contribution in [0.2, 0.25) is 0 Å². The van der Waals surface area contributed by atoms with E-state index in [0.29, 0.717) is 0 Å². The zero-order chi connectivity index (χ0) is 5.41. The van der Waals surface area contributed by atoms with Crippen LogP contribution >= 0.6 is 0 Å². The predicted octanol–water partition coefficient (Wildman–Crippen LogP) is 2.68. The summed E-state index contributed by atoms with van der Waals surface area (Å²) in [5.74, 6) is 0. The third-order valence-electron chi connectivity index (χ3n) is 0.236. The standard InChI is InChI=1S/C4H7.C2H6.CH4.B.W/c1-3-4-2;1-2;;;/h3-4H,1H2,2H3;1-2H3;1H4;;/q-1;;;;. The van der Waals surface area contributed by atoms with Crippen LogP contribution in [-0.2, 0) is 21.1 Å². The number of hydrogen-bond donors (Lipinski definition) is 0. The van der Waals surface area contributed by atoms with E-state index in [1.165, 1.54) is 0 Å². The molecule has 0 atom stereocenters. The topological polar surface area (TPSA) is 0 Å². The van der Waals surface area contributed by atoms with E-state index in [1.807, 2.05) is 26.8 Å². The van der Waals surface area contributed by atoms with Crippen molar-refractivity contribution in [2.75, 3.05) is 0 Å². The van der Waals surface area contributed by atoms with E-state index >= 15 is 0 Å². The van der Waals surface area contributed by atoms with Gasteiger partial charge in [-0.3, -0.25) is 0 Å². The van der Waals surface area contributed by atoms with Crippen LogP contribution in [0.3, 0.4) is 0 Å². The predicted molar refractivity (Wildman–Crippen MR) is 44.0 cm³/mol. The van der Waals surface area contributed by atoms with Crippen molar-refractivity contribution in [1.82, 2.24) is 0 Å². The van der Waals surface area contributed by atoms with Gasteiger partial charge in [-0.1, -0.05) is 21.3 Å². The van der Waals surface area contributed by atoms with Crippen LogP contribution in [0.1, 0.15) is 28.2 Å². The number of rotatable bonds is 0. The summed E-state index contributed by atoms with van der Waals surface area (Å²) in [7, 11) is 0. The van der Waals surface area contributed by atoms with Crippen LogP contribution in [0.4, 0.5) is 0 Å². The van der Waals surface area contributed by atoms with E-state index in [2.05, 4.69) is 6.92 Å². The van der Waals surface area contributed by atoms with E-state index in [1.54, 1.807) is 6.08 Å². The molecule has 0 spiro atoms. The molecule has 0 unspecified atom stereocenters. The van der Waals surface area contributed by atoms with Gasteiger partial charge in [-0.05, 0) is 0 Å². The average molecular weight is 296 g/mol. The molecule has 0 rings (SSSR count). The number of allylic oxidation sites excluding steroid dienone is 2. The fourth-order valence-electron chi connectivity index (χ4n) is 0. The van der Waals surface area contributed by atoms with E-state index in [4.69, 9.17) is 0 Å². The smallest absolute Gasteiger partial charge is 0 e. The van der Waals surface area contributed by atoms with Gasteiger partial charge in [-0.15, -0.1) is 6.92 Å². The molecular weight excluding hydrogens is 279 g/mol. The van der Waals surface area contributed by atoms with Crippen molar-refractivity contribution < 1.29 is 21.1 Å². The van der Waals surface area contributed by atoms with Crippen LogP contribution in [0.15, 0.2) is 12.2 Å². The van der Waals surface area contributed by atoms with E-state index < -0.39 is 0 Å². The summed E-state index contributed by atoms with van der Waals surface area (Å²) in [5, 5.41) is 0. The van der Waals surface area contributed by atoms with Gasteiger partial charge in [0.15, 0.2) is 0 Å². The summed E-state index contributed by atoms with van der Waals surface area (Å²) in [5.41, 5.74) is 0. The Morgan fingerprint density at radius 3 is 1.33 bits per heavy atom. The van der Waals surface area contributed by atoms with Gasteiger partial charge in [0.25, 0.3) is 0 Å². The quantitative estimate of drug-likeness (QED) is 0.476. The van der Waals surface area contributed by atoms with Crippen LogP contribution < -0.4 is 0 Å². The van der Waals surface area contributed by atoms with Gasteiger partial charge < -0.3 is 0 Å². The minimum Gasteiger partial charge on any atom is -0.245 e. The van der Waals surface area contributed by atoms with Crippen molar-refractivity contribution in [2.45, 2.75) is 28.2 Å². The van der Waals surface area contributed by atoms with Crippen molar-refractivity contribution in [1.29, 1.82) is 0 Å². The number of hydrogen-bond acceptors (Lipinski definition) is 0. The Bertz CT molecular complexity index is 24.1. The zero-order valence-electron chi connectivity index (χ0n) is 5.85. The molecule has 0 aromatic rings. The third-order valence-corrected chi connectivity index (χ3v) is 0.236. The first-order valence-electron chi connectivity index (χ1n) is 2.32. The third kappa shape index (κ3) is 182. The van der Waals surface area contributed by atoms with Crippen molar-refractivity contribution in [3.8, 4) is 0 Å². The first kappa shape index (κ1) is 34.4. The molecule has 9 heavy (non-hydrogen) atoms. The Morgan fingerprint density at radius 1 is 1.22 bits per heavy atom. The maximum absolute atomic E-state index is 3.42. The average Bonchev–Trinajstić information content (AvgIpc) is 1.72. The molecular formula is C7H17BW-. The van der Waals surface area contributed by atoms with Crippen LogP contribution in [0, 0.1) is 6.92 Å².